The number of halogens is 2. The number of benzene rings is 2. The van der Waals surface area contributed by atoms with Crippen LogP contribution in [0.3, 0.4) is 0 Å². The molecule has 0 radical (unpaired) electrons. The van der Waals surface area contributed by atoms with E-state index in [1.54, 1.807) is 18.3 Å². The maximum atomic E-state index is 11.7. The fraction of sp³-hybridized carbons (Fsp3) is 0.200. The summed E-state index contributed by atoms with van der Waals surface area (Å²) in [7, 11) is 1.38. The van der Waals surface area contributed by atoms with Crippen molar-refractivity contribution in [1.82, 2.24) is 9.55 Å². The molecule has 0 amide bonds. The molecule has 0 saturated heterocycles. The van der Waals surface area contributed by atoms with E-state index in [-0.39, 0.29) is 18.4 Å². The Hall–Kier alpha value is -3.02. The minimum atomic E-state index is -0.341. The van der Waals surface area contributed by atoms with Crippen molar-refractivity contribution < 1.29 is 14.3 Å². The highest BCUT2D eigenvalue weighted by atomic mass is 35.5. The third-order valence-corrected chi connectivity index (χ3v) is 5.74. The molecule has 0 aliphatic carbocycles. The zero-order valence-electron chi connectivity index (χ0n) is 18.1. The zero-order chi connectivity index (χ0) is 22.0. The highest BCUT2D eigenvalue weighted by Gasteiger charge is 2.17. The van der Waals surface area contributed by atoms with Gasteiger partial charge in [0.2, 0.25) is 0 Å². The van der Waals surface area contributed by atoms with Gasteiger partial charge in [0.05, 0.1) is 18.2 Å². The first kappa shape index (κ1) is 23.6. The van der Waals surface area contributed by atoms with Gasteiger partial charge >= 0.3 is 5.97 Å². The number of pyridine rings is 1. The number of aromatic nitrogens is 2. The Morgan fingerprint density at radius 1 is 1.00 bits per heavy atom. The lowest BCUT2D eigenvalue weighted by Gasteiger charge is -2.13. The SMILES string of the molecule is COC(=O)c1ccc(Cn2c(C)c(C)c3nccc(OCc4ccc(Cl)cc4)c32)cc1.Cl. The van der Waals surface area contributed by atoms with Crippen LogP contribution in [0.1, 0.15) is 32.7 Å². The van der Waals surface area contributed by atoms with Gasteiger partial charge in [-0.2, -0.15) is 0 Å². The van der Waals surface area contributed by atoms with Gasteiger partial charge in [-0.15, -0.1) is 12.4 Å². The maximum absolute atomic E-state index is 11.7. The Kier molecular flexibility index (Phi) is 7.44. The Morgan fingerprint density at radius 2 is 1.66 bits per heavy atom. The largest absolute Gasteiger partial charge is 0.487 e. The number of fused-ring (bicyclic) bond motifs is 1. The predicted octanol–water partition coefficient (Wildman–Crippen LogP) is 6.14. The van der Waals surface area contributed by atoms with Crippen molar-refractivity contribution >= 4 is 41.0 Å². The standard InChI is InChI=1S/C25H23ClN2O3.ClH/c1-16-17(2)28(14-18-4-8-20(9-5-18)25(29)30-3)24-22(12-13-27-23(16)24)31-15-19-6-10-21(26)11-7-19;/h4-13H,14-15H2,1-3H3;1H. The van der Waals surface area contributed by atoms with Gasteiger partial charge in [-0.3, -0.25) is 4.98 Å². The highest BCUT2D eigenvalue weighted by molar-refractivity contribution is 6.30. The zero-order valence-corrected chi connectivity index (χ0v) is 19.7. The third-order valence-electron chi connectivity index (χ3n) is 5.48. The first-order chi connectivity index (χ1) is 15.0. The van der Waals surface area contributed by atoms with Crippen LogP contribution in [0.25, 0.3) is 11.0 Å². The van der Waals surface area contributed by atoms with Crippen LogP contribution in [0.15, 0.2) is 60.8 Å². The van der Waals surface area contributed by atoms with Gasteiger partial charge in [0.15, 0.2) is 0 Å². The molecule has 4 rings (SSSR count). The van der Waals surface area contributed by atoms with E-state index >= 15 is 0 Å². The molecule has 0 saturated carbocycles. The van der Waals surface area contributed by atoms with Gasteiger partial charge in [0, 0.05) is 29.5 Å². The Bertz CT molecular complexity index is 1230. The van der Waals surface area contributed by atoms with Crippen molar-refractivity contribution in [2.24, 2.45) is 0 Å². The van der Waals surface area contributed by atoms with Crippen molar-refractivity contribution in [3.63, 3.8) is 0 Å². The van der Waals surface area contributed by atoms with E-state index in [4.69, 9.17) is 21.1 Å². The summed E-state index contributed by atoms with van der Waals surface area (Å²) in [4.78, 5) is 16.3. The summed E-state index contributed by atoms with van der Waals surface area (Å²) in [5, 5.41) is 0.702. The van der Waals surface area contributed by atoms with E-state index in [0.717, 1.165) is 39.2 Å². The van der Waals surface area contributed by atoms with Gasteiger partial charge in [0.1, 0.15) is 17.9 Å². The molecule has 7 heteroatoms. The number of carbonyl (C=O) groups is 1. The fourth-order valence-corrected chi connectivity index (χ4v) is 3.74. The van der Waals surface area contributed by atoms with E-state index in [0.29, 0.717) is 23.7 Å². The minimum absolute atomic E-state index is 0. The molecule has 2 heterocycles. The second-order valence-electron chi connectivity index (χ2n) is 7.41. The van der Waals surface area contributed by atoms with E-state index < -0.39 is 0 Å². The molecule has 4 aromatic rings. The highest BCUT2D eigenvalue weighted by Crippen LogP contribution is 2.32. The molecule has 0 atom stereocenters. The van der Waals surface area contributed by atoms with Crippen molar-refractivity contribution in [1.29, 1.82) is 0 Å². The molecule has 166 valence electrons. The number of esters is 1. The average molecular weight is 471 g/mol. The molecule has 2 aromatic carbocycles. The maximum Gasteiger partial charge on any atom is 0.337 e. The molecular weight excluding hydrogens is 447 g/mol. The molecule has 0 bridgehead atoms. The number of carbonyl (C=O) groups excluding carboxylic acids is 1. The monoisotopic (exact) mass is 470 g/mol. The molecule has 0 fully saturated rings. The molecule has 0 aliphatic heterocycles. The molecule has 0 N–H and O–H groups in total. The van der Waals surface area contributed by atoms with Crippen LogP contribution >= 0.6 is 24.0 Å². The van der Waals surface area contributed by atoms with Crippen LogP contribution in [0.4, 0.5) is 0 Å². The molecular formula is C25H24Cl2N2O3. The number of hydrogen-bond donors (Lipinski definition) is 0. The Morgan fingerprint density at radius 3 is 2.31 bits per heavy atom. The number of ether oxygens (including phenoxy) is 2. The van der Waals surface area contributed by atoms with Crippen LogP contribution in [-0.2, 0) is 17.9 Å². The summed E-state index contributed by atoms with van der Waals surface area (Å²) < 4.78 is 13.2. The lowest BCUT2D eigenvalue weighted by molar-refractivity contribution is 0.0600. The van der Waals surface area contributed by atoms with E-state index in [2.05, 4.69) is 23.4 Å². The summed E-state index contributed by atoms with van der Waals surface area (Å²) in [5.74, 6) is 0.439. The first-order valence-electron chi connectivity index (χ1n) is 9.97. The van der Waals surface area contributed by atoms with Crippen LogP contribution in [0.5, 0.6) is 5.75 Å². The summed E-state index contributed by atoms with van der Waals surface area (Å²) in [5.41, 5.74) is 6.78. The van der Waals surface area contributed by atoms with Crippen LogP contribution < -0.4 is 4.74 Å². The number of aryl methyl sites for hydroxylation is 1. The van der Waals surface area contributed by atoms with Crippen molar-refractivity contribution in [3.05, 3.63) is 93.8 Å². The van der Waals surface area contributed by atoms with Gasteiger partial charge in [-0.05, 0) is 54.8 Å². The predicted molar refractivity (Wildman–Crippen MR) is 129 cm³/mol. The van der Waals surface area contributed by atoms with Crippen molar-refractivity contribution in [2.75, 3.05) is 7.11 Å². The Balaban J connectivity index is 0.00000289. The van der Waals surface area contributed by atoms with Gasteiger partial charge in [-0.25, -0.2) is 4.79 Å². The van der Waals surface area contributed by atoms with E-state index in [1.165, 1.54) is 7.11 Å². The number of nitrogens with zero attached hydrogens (tertiary/aromatic N) is 2. The Labute approximate surface area is 198 Å². The molecule has 0 aliphatic rings. The molecule has 2 aromatic heterocycles. The molecule has 0 spiro atoms. The van der Waals surface area contributed by atoms with Gasteiger partial charge in [0.25, 0.3) is 0 Å². The second-order valence-corrected chi connectivity index (χ2v) is 7.84. The summed E-state index contributed by atoms with van der Waals surface area (Å²) >= 11 is 5.98. The number of hydrogen-bond acceptors (Lipinski definition) is 4. The number of methoxy groups -OCH3 is 1. The van der Waals surface area contributed by atoms with Crippen molar-refractivity contribution in [3.8, 4) is 5.75 Å². The third kappa shape index (κ3) is 4.74. The number of rotatable bonds is 6. The lowest BCUT2D eigenvalue weighted by atomic mass is 10.1. The van der Waals surface area contributed by atoms with Gasteiger partial charge in [-0.1, -0.05) is 35.9 Å². The van der Waals surface area contributed by atoms with Crippen LogP contribution in [-0.4, -0.2) is 22.6 Å². The summed E-state index contributed by atoms with van der Waals surface area (Å²) in [6, 6.07) is 17.0. The van der Waals surface area contributed by atoms with Crippen molar-refractivity contribution in [2.45, 2.75) is 27.0 Å². The average Bonchev–Trinajstić information content (AvgIpc) is 3.04. The fourth-order valence-electron chi connectivity index (χ4n) is 3.62. The minimum Gasteiger partial charge on any atom is -0.487 e. The van der Waals surface area contributed by atoms with Crippen LogP contribution in [0, 0.1) is 13.8 Å². The van der Waals surface area contributed by atoms with E-state index in [1.807, 2.05) is 42.5 Å². The smallest absolute Gasteiger partial charge is 0.337 e. The topological polar surface area (TPSA) is 53.4 Å². The van der Waals surface area contributed by atoms with Gasteiger partial charge < -0.3 is 14.0 Å². The molecule has 5 nitrogen and oxygen atoms in total. The lowest BCUT2D eigenvalue weighted by Crippen LogP contribution is -2.05. The second kappa shape index (κ2) is 10.1. The first-order valence-corrected chi connectivity index (χ1v) is 10.3. The summed E-state index contributed by atoms with van der Waals surface area (Å²) in [6.45, 7) is 5.24. The molecule has 32 heavy (non-hydrogen) atoms. The van der Waals surface area contributed by atoms with Crippen LogP contribution in [0.2, 0.25) is 5.02 Å². The summed E-state index contributed by atoms with van der Waals surface area (Å²) in [6.07, 6.45) is 1.78. The molecule has 0 unspecified atom stereocenters. The van der Waals surface area contributed by atoms with E-state index in [9.17, 15) is 4.79 Å². The quantitative estimate of drug-likeness (QED) is 0.317. The normalized spacial score (nSPS) is 10.6.